The van der Waals surface area contributed by atoms with Crippen LogP contribution in [0.15, 0.2) is 18.2 Å². The lowest BCUT2D eigenvalue weighted by Gasteiger charge is -2.13. The van der Waals surface area contributed by atoms with E-state index in [9.17, 15) is 4.39 Å². The Labute approximate surface area is 90.2 Å². The lowest BCUT2D eigenvalue weighted by molar-refractivity contribution is 0.411. The van der Waals surface area contributed by atoms with Gasteiger partial charge in [0.15, 0.2) is 0 Å². The standard InChI is InChI=1S/C12H18FNO/c1-3-4-5-12(14)10-8-9(15-2)6-7-11(10)13/h6-8,12H,3-5,14H2,1-2H3/t12-/m1/s1. The third kappa shape index (κ3) is 3.20. The van der Waals surface area contributed by atoms with Crippen LogP contribution in [0.25, 0.3) is 0 Å². The maximum absolute atomic E-state index is 13.4. The first-order valence-corrected chi connectivity index (χ1v) is 5.28. The summed E-state index contributed by atoms with van der Waals surface area (Å²) in [5.41, 5.74) is 6.45. The van der Waals surface area contributed by atoms with Gasteiger partial charge in [0.1, 0.15) is 11.6 Å². The molecule has 0 aliphatic carbocycles. The number of methoxy groups -OCH3 is 1. The molecule has 3 heteroatoms. The topological polar surface area (TPSA) is 35.2 Å². The minimum atomic E-state index is -0.251. The second-order valence-electron chi connectivity index (χ2n) is 3.64. The van der Waals surface area contributed by atoms with Crippen LogP contribution in [0.3, 0.4) is 0 Å². The molecule has 0 unspecified atom stereocenters. The summed E-state index contributed by atoms with van der Waals surface area (Å²) < 4.78 is 18.5. The number of rotatable bonds is 5. The normalized spacial score (nSPS) is 12.5. The van der Waals surface area contributed by atoms with E-state index in [-0.39, 0.29) is 11.9 Å². The van der Waals surface area contributed by atoms with Gasteiger partial charge in [0.05, 0.1) is 7.11 Å². The summed E-state index contributed by atoms with van der Waals surface area (Å²) >= 11 is 0. The van der Waals surface area contributed by atoms with Crippen LogP contribution in [-0.4, -0.2) is 7.11 Å². The molecule has 2 N–H and O–H groups in total. The van der Waals surface area contributed by atoms with Gasteiger partial charge in [0.25, 0.3) is 0 Å². The number of benzene rings is 1. The van der Waals surface area contributed by atoms with Crippen LogP contribution in [0.4, 0.5) is 4.39 Å². The van der Waals surface area contributed by atoms with E-state index in [1.54, 1.807) is 19.2 Å². The molecule has 1 atom stereocenters. The van der Waals surface area contributed by atoms with Crippen molar-refractivity contribution in [1.82, 2.24) is 0 Å². The molecule has 0 aromatic heterocycles. The fourth-order valence-corrected chi connectivity index (χ4v) is 1.51. The molecule has 0 aliphatic heterocycles. The van der Waals surface area contributed by atoms with Gasteiger partial charge in [-0.05, 0) is 24.6 Å². The van der Waals surface area contributed by atoms with Gasteiger partial charge in [0, 0.05) is 11.6 Å². The second-order valence-corrected chi connectivity index (χ2v) is 3.64. The highest BCUT2D eigenvalue weighted by Crippen LogP contribution is 2.24. The Hall–Kier alpha value is -1.09. The molecule has 2 nitrogen and oxygen atoms in total. The minimum absolute atomic E-state index is 0.236. The smallest absolute Gasteiger partial charge is 0.128 e. The van der Waals surface area contributed by atoms with E-state index < -0.39 is 0 Å². The monoisotopic (exact) mass is 211 g/mol. The highest BCUT2D eigenvalue weighted by atomic mass is 19.1. The van der Waals surface area contributed by atoms with E-state index in [1.165, 1.54) is 6.07 Å². The molecular weight excluding hydrogens is 193 g/mol. The molecule has 0 aliphatic rings. The van der Waals surface area contributed by atoms with Crippen molar-refractivity contribution in [3.05, 3.63) is 29.6 Å². The molecule has 0 fully saturated rings. The van der Waals surface area contributed by atoms with Crippen LogP contribution >= 0.6 is 0 Å². The first kappa shape index (κ1) is 12.0. The van der Waals surface area contributed by atoms with E-state index in [0.29, 0.717) is 11.3 Å². The Morgan fingerprint density at radius 3 is 2.80 bits per heavy atom. The Morgan fingerprint density at radius 1 is 1.47 bits per heavy atom. The lowest BCUT2D eigenvalue weighted by Crippen LogP contribution is -2.12. The number of ether oxygens (including phenoxy) is 1. The Kier molecular flexibility index (Phi) is 4.56. The van der Waals surface area contributed by atoms with Crippen molar-refractivity contribution < 1.29 is 9.13 Å². The van der Waals surface area contributed by atoms with Crippen LogP contribution in [-0.2, 0) is 0 Å². The Balaban J connectivity index is 2.81. The molecule has 0 saturated heterocycles. The number of nitrogens with two attached hydrogens (primary N) is 1. The van der Waals surface area contributed by atoms with Gasteiger partial charge in [0.2, 0.25) is 0 Å². The van der Waals surface area contributed by atoms with E-state index in [4.69, 9.17) is 10.5 Å². The highest BCUT2D eigenvalue weighted by Gasteiger charge is 2.11. The van der Waals surface area contributed by atoms with E-state index in [1.807, 2.05) is 0 Å². The van der Waals surface area contributed by atoms with Crippen molar-refractivity contribution >= 4 is 0 Å². The lowest BCUT2D eigenvalue weighted by atomic mass is 10.0. The first-order valence-electron chi connectivity index (χ1n) is 5.28. The van der Waals surface area contributed by atoms with Crippen molar-refractivity contribution in [2.75, 3.05) is 7.11 Å². The molecule has 1 aromatic carbocycles. The van der Waals surface area contributed by atoms with Crippen molar-refractivity contribution in [2.45, 2.75) is 32.2 Å². The average molecular weight is 211 g/mol. The van der Waals surface area contributed by atoms with Gasteiger partial charge < -0.3 is 10.5 Å². The summed E-state index contributed by atoms with van der Waals surface area (Å²) in [6, 6.07) is 4.45. The summed E-state index contributed by atoms with van der Waals surface area (Å²) in [5.74, 6) is 0.401. The van der Waals surface area contributed by atoms with Gasteiger partial charge in [-0.15, -0.1) is 0 Å². The third-order valence-electron chi connectivity index (χ3n) is 2.47. The molecule has 0 bridgehead atoms. The average Bonchev–Trinajstić information content (AvgIpc) is 2.26. The zero-order chi connectivity index (χ0) is 11.3. The van der Waals surface area contributed by atoms with Crippen molar-refractivity contribution in [3.8, 4) is 5.75 Å². The number of halogens is 1. The summed E-state index contributed by atoms with van der Waals surface area (Å²) in [6.45, 7) is 2.09. The minimum Gasteiger partial charge on any atom is -0.497 e. The van der Waals surface area contributed by atoms with E-state index in [2.05, 4.69) is 6.92 Å². The van der Waals surface area contributed by atoms with Crippen molar-refractivity contribution in [1.29, 1.82) is 0 Å². The second kappa shape index (κ2) is 5.71. The SMILES string of the molecule is CCCC[C@@H](N)c1cc(OC)ccc1F. The predicted molar refractivity (Wildman–Crippen MR) is 59.4 cm³/mol. The molecule has 0 saturated carbocycles. The molecule has 15 heavy (non-hydrogen) atoms. The van der Waals surface area contributed by atoms with Crippen LogP contribution < -0.4 is 10.5 Å². The van der Waals surface area contributed by atoms with E-state index >= 15 is 0 Å². The molecule has 0 spiro atoms. The highest BCUT2D eigenvalue weighted by molar-refractivity contribution is 5.31. The van der Waals surface area contributed by atoms with Gasteiger partial charge in [-0.2, -0.15) is 0 Å². The quantitative estimate of drug-likeness (QED) is 0.812. The van der Waals surface area contributed by atoms with Crippen LogP contribution in [0.5, 0.6) is 5.75 Å². The molecule has 0 heterocycles. The fourth-order valence-electron chi connectivity index (χ4n) is 1.51. The molecule has 1 aromatic rings. The van der Waals surface area contributed by atoms with Gasteiger partial charge in [-0.1, -0.05) is 19.8 Å². The maximum atomic E-state index is 13.4. The van der Waals surface area contributed by atoms with Crippen molar-refractivity contribution in [3.63, 3.8) is 0 Å². The summed E-state index contributed by atoms with van der Waals surface area (Å²) in [6.07, 6.45) is 2.89. The zero-order valence-corrected chi connectivity index (χ0v) is 9.29. The molecule has 84 valence electrons. The summed E-state index contributed by atoms with van der Waals surface area (Å²) in [4.78, 5) is 0. The van der Waals surface area contributed by atoms with Crippen LogP contribution in [0, 0.1) is 5.82 Å². The largest absolute Gasteiger partial charge is 0.497 e. The van der Waals surface area contributed by atoms with Crippen molar-refractivity contribution in [2.24, 2.45) is 5.73 Å². The Morgan fingerprint density at radius 2 is 2.20 bits per heavy atom. The van der Waals surface area contributed by atoms with Crippen LogP contribution in [0.1, 0.15) is 37.8 Å². The number of hydrogen-bond acceptors (Lipinski definition) is 2. The fraction of sp³-hybridized carbons (Fsp3) is 0.500. The summed E-state index contributed by atoms with van der Waals surface area (Å²) in [5, 5.41) is 0. The number of hydrogen-bond donors (Lipinski definition) is 1. The molecule has 1 rings (SSSR count). The summed E-state index contributed by atoms with van der Waals surface area (Å²) in [7, 11) is 1.56. The molecule has 0 amide bonds. The predicted octanol–water partition coefficient (Wildman–Crippen LogP) is 3.02. The van der Waals surface area contributed by atoms with Gasteiger partial charge in [-0.3, -0.25) is 0 Å². The van der Waals surface area contributed by atoms with Gasteiger partial charge in [-0.25, -0.2) is 4.39 Å². The Bertz CT molecular complexity index is 314. The molecular formula is C12H18FNO. The first-order chi connectivity index (χ1) is 7.19. The maximum Gasteiger partial charge on any atom is 0.128 e. The zero-order valence-electron chi connectivity index (χ0n) is 9.29. The van der Waals surface area contributed by atoms with E-state index in [0.717, 1.165) is 19.3 Å². The van der Waals surface area contributed by atoms with Crippen LogP contribution in [0.2, 0.25) is 0 Å². The molecule has 0 radical (unpaired) electrons. The third-order valence-corrected chi connectivity index (χ3v) is 2.47. The number of unbranched alkanes of at least 4 members (excludes halogenated alkanes) is 1. The van der Waals surface area contributed by atoms with Gasteiger partial charge >= 0.3 is 0 Å².